The van der Waals surface area contributed by atoms with Crippen molar-refractivity contribution >= 4 is 11.7 Å². The third-order valence-corrected chi connectivity index (χ3v) is 6.58. The first-order valence-electron chi connectivity index (χ1n) is 9.81. The molecule has 4 atom stereocenters. The van der Waals surface area contributed by atoms with Crippen LogP contribution in [0.2, 0.25) is 0 Å². The molecular weight excluding hydrogens is 312 g/mol. The van der Waals surface area contributed by atoms with E-state index in [2.05, 4.69) is 41.2 Å². The Labute approximate surface area is 150 Å². The second kappa shape index (κ2) is 6.94. The first-order valence-corrected chi connectivity index (χ1v) is 9.81. The van der Waals surface area contributed by atoms with Crippen molar-refractivity contribution in [2.45, 2.75) is 38.6 Å². The summed E-state index contributed by atoms with van der Waals surface area (Å²) >= 11 is 0. The van der Waals surface area contributed by atoms with Crippen LogP contribution in [-0.4, -0.2) is 49.0 Å². The Kier molecular flexibility index (Phi) is 4.67. The van der Waals surface area contributed by atoms with Gasteiger partial charge < -0.3 is 15.1 Å². The number of rotatable bonds is 2. The van der Waals surface area contributed by atoms with Gasteiger partial charge in [-0.2, -0.15) is 0 Å². The molecule has 3 heterocycles. The summed E-state index contributed by atoms with van der Waals surface area (Å²) in [4.78, 5) is 22.0. The fourth-order valence-electron chi connectivity index (χ4n) is 4.86. The lowest BCUT2D eigenvalue weighted by Crippen LogP contribution is -2.47. The number of piperidine rings is 1. The average Bonchev–Trinajstić information content (AvgIpc) is 2.63. The van der Waals surface area contributed by atoms with Gasteiger partial charge in [-0.05, 0) is 43.4 Å². The highest BCUT2D eigenvalue weighted by Crippen LogP contribution is 2.43. The largest absolute Gasteiger partial charge is 0.354 e. The average molecular weight is 342 g/mol. The molecule has 1 aliphatic carbocycles. The molecule has 4 rings (SSSR count). The number of nitrogens with one attached hydrogen (secondary N) is 1. The second-order valence-electron chi connectivity index (χ2n) is 8.22. The minimum absolute atomic E-state index is 0.128. The zero-order chi connectivity index (χ0) is 17.4. The number of amides is 1. The van der Waals surface area contributed by atoms with Crippen LogP contribution < -0.4 is 10.2 Å². The Hall–Kier alpha value is -1.62. The maximum atomic E-state index is 12.6. The first-order chi connectivity index (χ1) is 12.1. The lowest BCUT2D eigenvalue weighted by molar-refractivity contribution is -0.133. The monoisotopic (exact) mass is 342 g/mol. The highest BCUT2D eigenvalue weighted by molar-refractivity contribution is 5.80. The smallest absolute Gasteiger partial charge is 0.223 e. The number of likely N-dealkylation sites (N-methyl/N-ethyl adjacent to an activating group) is 1. The molecule has 5 heteroatoms. The molecule has 5 nitrogen and oxygen atoms in total. The summed E-state index contributed by atoms with van der Waals surface area (Å²) in [5.74, 6) is 2.74. The molecule has 0 bridgehead atoms. The predicted octanol–water partition coefficient (Wildman–Crippen LogP) is 2.45. The SMILES string of the molecule is CC1CCCC2C(=O)NC(c3ccc(N4CCN(C)CC4)nc3)CC12. The van der Waals surface area contributed by atoms with Crippen LogP contribution in [0.4, 0.5) is 5.82 Å². The van der Waals surface area contributed by atoms with Crippen molar-refractivity contribution < 1.29 is 4.79 Å². The van der Waals surface area contributed by atoms with Crippen LogP contribution in [-0.2, 0) is 4.79 Å². The van der Waals surface area contributed by atoms with Crippen molar-refractivity contribution in [2.24, 2.45) is 17.8 Å². The molecule has 0 radical (unpaired) electrons. The summed E-state index contributed by atoms with van der Waals surface area (Å²) in [5.41, 5.74) is 1.16. The Morgan fingerprint density at radius 2 is 1.96 bits per heavy atom. The van der Waals surface area contributed by atoms with E-state index < -0.39 is 0 Å². The molecule has 1 aromatic heterocycles. The summed E-state index contributed by atoms with van der Waals surface area (Å²) in [6.45, 7) is 6.56. The number of anilines is 1. The van der Waals surface area contributed by atoms with E-state index in [0.717, 1.165) is 50.4 Å². The van der Waals surface area contributed by atoms with Crippen molar-refractivity contribution in [3.05, 3.63) is 23.9 Å². The maximum absolute atomic E-state index is 12.6. The molecule has 3 aliphatic rings. The molecule has 1 aromatic rings. The van der Waals surface area contributed by atoms with Crippen LogP contribution in [0.1, 0.15) is 44.2 Å². The lowest BCUT2D eigenvalue weighted by Gasteiger charge is -2.42. The molecule has 1 amide bonds. The summed E-state index contributed by atoms with van der Waals surface area (Å²) in [6.07, 6.45) is 6.57. The maximum Gasteiger partial charge on any atom is 0.223 e. The minimum Gasteiger partial charge on any atom is -0.354 e. The van der Waals surface area contributed by atoms with Gasteiger partial charge in [-0.1, -0.05) is 25.8 Å². The molecule has 0 spiro atoms. The van der Waals surface area contributed by atoms with E-state index in [-0.39, 0.29) is 17.9 Å². The summed E-state index contributed by atoms with van der Waals surface area (Å²) in [6, 6.07) is 4.42. The molecular formula is C20H30N4O. The van der Waals surface area contributed by atoms with E-state index in [0.29, 0.717) is 11.8 Å². The van der Waals surface area contributed by atoms with Gasteiger partial charge in [0.2, 0.25) is 5.91 Å². The number of pyridine rings is 1. The number of carbonyl (C=O) groups excluding carboxylic acids is 1. The number of piperazine rings is 1. The molecule has 4 unspecified atom stereocenters. The van der Waals surface area contributed by atoms with E-state index >= 15 is 0 Å². The molecule has 25 heavy (non-hydrogen) atoms. The van der Waals surface area contributed by atoms with Gasteiger partial charge in [0, 0.05) is 38.3 Å². The summed E-state index contributed by atoms with van der Waals surface area (Å²) < 4.78 is 0. The van der Waals surface area contributed by atoms with Crippen molar-refractivity contribution in [1.29, 1.82) is 0 Å². The molecule has 2 saturated heterocycles. The van der Waals surface area contributed by atoms with E-state index in [4.69, 9.17) is 4.98 Å². The van der Waals surface area contributed by atoms with Crippen LogP contribution in [0.25, 0.3) is 0 Å². The number of fused-ring (bicyclic) bond motifs is 1. The molecule has 1 saturated carbocycles. The quantitative estimate of drug-likeness (QED) is 0.897. The van der Waals surface area contributed by atoms with Gasteiger partial charge in [0.1, 0.15) is 5.82 Å². The summed E-state index contributed by atoms with van der Waals surface area (Å²) in [7, 11) is 2.17. The van der Waals surface area contributed by atoms with Crippen molar-refractivity contribution in [1.82, 2.24) is 15.2 Å². The summed E-state index contributed by atoms with van der Waals surface area (Å²) in [5, 5.41) is 3.26. The van der Waals surface area contributed by atoms with Gasteiger partial charge in [0.05, 0.1) is 6.04 Å². The van der Waals surface area contributed by atoms with Gasteiger partial charge >= 0.3 is 0 Å². The number of nitrogens with zero attached hydrogens (tertiary/aromatic N) is 3. The van der Waals surface area contributed by atoms with Crippen LogP contribution in [0.3, 0.4) is 0 Å². The Morgan fingerprint density at radius 3 is 2.68 bits per heavy atom. The molecule has 1 N–H and O–H groups in total. The predicted molar refractivity (Wildman–Crippen MR) is 99.4 cm³/mol. The van der Waals surface area contributed by atoms with Crippen molar-refractivity contribution in [2.75, 3.05) is 38.1 Å². The van der Waals surface area contributed by atoms with Gasteiger partial charge in [0.25, 0.3) is 0 Å². The number of aromatic nitrogens is 1. The van der Waals surface area contributed by atoms with Crippen molar-refractivity contribution in [3.63, 3.8) is 0 Å². The highest BCUT2D eigenvalue weighted by Gasteiger charge is 2.41. The molecule has 136 valence electrons. The number of hydrogen-bond donors (Lipinski definition) is 1. The third-order valence-electron chi connectivity index (χ3n) is 6.58. The Balaban J connectivity index is 1.46. The lowest BCUT2D eigenvalue weighted by atomic mass is 9.67. The number of hydrogen-bond acceptors (Lipinski definition) is 4. The zero-order valence-electron chi connectivity index (χ0n) is 15.4. The normalized spacial score (nSPS) is 33.7. The fourth-order valence-corrected chi connectivity index (χ4v) is 4.86. The second-order valence-corrected chi connectivity index (χ2v) is 8.22. The van der Waals surface area contributed by atoms with Gasteiger partial charge in [-0.15, -0.1) is 0 Å². The van der Waals surface area contributed by atoms with E-state index in [1.54, 1.807) is 0 Å². The van der Waals surface area contributed by atoms with Crippen LogP contribution in [0.15, 0.2) is 18.3 Å². The van der Waals surface area contributed by atoms with Crippen LogP contribution >= 0.6 is 0 Å². The van der Waals surface area contributed by atoms with Crippen LogP contribution in [0, 0.1) is 17.8 Å². The molecule has 2 aliphatic heterocycles. The van der Waals surface area contributed by atoms with Gasteiger partial charge in [-0.3, -0.25) is 4.79 Å². The highest BCUT2D eigenvalue weighted by atomic mass is 16.2. The Morgan fingerprint density at radius 1 is 1.16 bits per heavy atom. The number of carbonyl (C=O) groups is 1. The zero-order valence-corrected chi connectivity index (χ0v) is 15.4. The Bertz CT molecular complexity index is 609. The minimum atomic E-state index is 0.128. The van der Waals surface area contributed by atoms with Crippen LogP contribution in [0.5, 0.6) is 0 Å². The van der Waals surface area contributed by atoms with E-state index in [9.17, 15) is 4.79 Å². The third kappa shape index (κ3) is 3.39. The topological polar surface area (TPSA) is 48.5 Å². The van der Waals surface area contributed by atoms with Gasteiger partial charge in [0.15, 0.2) is 0 Å². The molecule has 0 aromatic carbocycles. The first kappa shape index (κ1) is 16.8. The van der Waals surface area contributed by atoms with E-state index in [1.165, 1.54) is 12.8 Å². The van der Waals surface area contributed by atoms with E-state index in [1.807, 2.05) is 6.20 Å². The van der Waals surface area contributed by atoms with Gasteiger partial charge in [-0.25, -0.2) is 4.98 Å². The standard InChI is InChI=1S/C20H30N4O/c1-14-4-3-5-16-17(14)12-18(22-20(16)25)15-6-7-19(21-13-15)24-10-8-23(2)9-11-24/h6-7,13-14,16-18H,3-5,8-12H2,1-2H3,(H,22,25). The van der Waals surface area contributed by atoms with Crippen molar-refractivity contribution in [3.8, 4) is 0 Å². The fraction of sp³-hybridized carbons (Fsp3) is 0.700. The molecule has 3 fully saturated rings.